The van der Waals surface area contributed by atoms with Crippen molar-refractivity contribution in [3.8, 4) is 10.9 Å². The standard InChI is InChI=1S/C19H20N2O2S/c22-13-15-4-3-11-21(15)12-14-7-9-16(10-8-14)23-19-20-17-5-1-2-6-18(17)24-19/h1-2,5-10,15,22H,3-4,11-13H2. The normalized spacial score (nSPS) is 18.3. The molecular weight excluding hydrogens is 320 g/mol. The lowest BCUT2D eigenvalue weighted by molar-refractivity contribution is 0.153. The zero-order valence-corrected chi connectivity index (χ0v) is 14.2. The Kier molecular flexibility index (Phi) is 4.47. The number of thiazole rings is 1. The summed E-state index contributed by atoms with van der Waals surface area (Å²) in [6.45, 7) is 2.20. The fourth-order valence-corrected chi connectivity index (χ4v) is 4.04. The van der Waals surface area contributed by atoms with Gasteiger partial charge >= 0.3 is 0 Å². The topological polar surface area (TPSA) is 45.6 Å². The van der Waals surface area contributed by atoms with E-state index in [2.05, 4.69) is 28.1 Å². The number of rotatable bonds is 5. The first kappa shape index (κ1) is 15.6. The van der Waals surface area contributed by atoms with Crippen LogP contribution in [0.3, 0.4) is 0 Å². The molecule has 24 heavy (non-hydrogen) atoms. The lowest BCUT2D eigenvalue weighted by Gasteiger charge is -2.22. The van der Waals surface area contributed by atoms with Gasteiger partial charge in [-0.1, -0.05) is 35.6 Å². The van der Waals surface area contributed by atoms with Crippen molar-refractivity contribution in [2.24, 2.45) is 0 Å². The number of aromatic nitrogens is 1. The third-order valence-electron chi connectivity index (χ3n) is 4.50. The van der Waals surface area contributed by atoms with E-state index in [1.54, 1.807) is 11.3 Å². The number of hydrogen-bond acceptors (Lipinski definition) is 5. The van der Waals surface area contributed by atoms with Crippen LogP contribution in [0, 0.1) is 0 Å². The van der Waals surface area contributed by atoms with Crippen LogP contribution in [0.4, 0.5) is 0 Å². The molecule has 5 heteroatoms. The van der Waals surface area contributed by atoms with Crippen LogP contribution >= 0.6 is 11.3 Å². The second kappa shape index (κ2) is 6.89. The highest BCUT2D eigenvalue weighted by Gasteiger charge is 2.23. The van der Waals surface area contributed by atoms with E-state index in [0.29, 0.717) is 11.2 Å². The Balaban J connectivity index is 1.43. The average Bonchev–Trinajstić information content (AvgIpc) is 3.22. The summed E-state index contributed by atoms with van der Waals surface area (Å²) in [7, 11) is 0. The molecule has 4 rings (SSSR count). The maximum atomic E-state index is 9.42. The highest BCUT2D eigenvalue weighted by molar-refractivity contribution is 7.20. The van der Waals surface area contributed by atoms with E-state index in [4.69, 9.17) is 4.74 Å². The highest BCUT2D eigenvalue weighted by atomic mass is 32.1. The molecule has 1 N–H and O–H groups in total. The van der Waals surface area contributed by atoms with Crippen LogP contribution in [-0.4, -0.2) is 34.2 Å². The predicted octanol–water partition coefficient (Wildman–Crippen LogP) is 4.05. The van der Waals surface area contributed by atoms with Crippen molar-refractivity contribution >= 4 is 21.6 Å². The number of para-hydroxylation sites is 1. The van der Waals surface area contributed by atoms with Gasteiger partial charge in [0.2, 0.25) is 0 Å². The van der Waals surface area contributed by atoms with Crippen LogP contribution in [-0.2, 0) is 6.54 Å². The molecule has 4 nitrogen and oxygen atoms in total. The molecule has 0 bridgehead atoms. The maximum absolute atomic E-state index is 9.42. The third-order valence-corrected chi connectivity index (χ3v) is 5.41. The van der Waals surface area contributed by atoms with E-state index in [0.717, 1.165) is 35.5 Å². The van der Waals surface area contributed by atoms with Crippen LogP contribution in [0.15, 0.2) is 48.5 Å². The summed E-state index contributed by atoms with van der Waals surface area (Å²) in [5.74, 6) is 0.804. The van der Waals surface area contributed by atoms with E-state index in [1.807, 2.05) is 30.3 Å². The number of hydrogen-bond donors (Lipinski definition) is 1. The first-order valence-electron chi connectivity index (χ1n) is 8.29. The number of aliphatic hydroxyl groups excluding tert-OH is 1. The number of ether oxygens (including phenoxy) is 1. The summed E-state index contributed by atoms with van der Waals surface area (Å²) >= 11 is 1.56. The van der Waals surface area contributed by atoms with Gasteiger partial charge in [-0.3, -0.25) is 4.90 Å². The minimum Gasteiger partial charge on any atom is -0.431 e. The predicted molar refractivity (Wildman–Crippen MR) is 96.7 cm³/mol. The Labute approximate surface area is 145 Å². The quantitative estimate of drug-likeness (QED) is 0.761. The van der Waals surface area contributed by atoms with Crippen molar-refractivity contribution < 1.29 is 9.84 Å². The SMILES string of the molecule is OCC1CCCN1Cc1ccc(Oc2nc3ccccc3s2)cc1. The van der Waals surface area contributed by atoms with E-state index in [9.17, 15) is 5.11 Å². The molecule has 1 fully saturated rings. The number of fused-ring (bicyclic) bond motifs is 1. The lowest BCUT2D eigenvalue weighted by atomic mass is 10.2. The molecule has 1 aromatic heterocycles. The van der Waals surface area contributed by atoms with Crippen LogP contribution < -0.4 is 4.74 Å². The molecule has 2 aromatic carbocycles. The van der Waals surface area contributed by atoms with Crippen molar-refractivity contribution in [3.63, 3.8) is 0 Å². The van der Waals surface area contributed by atoms with Crippen molar-refractivity contribution in [3.05, 3.63) is 54.1 Å². The molecule has 0 saturated carbocycles. The molecule has 0 radical (unpaired) electrons. The first-order valence-corrected chi connectivity index (χ1v) is 9.11. The average molecular weight is 340 g/mol. The van der Waals surface area contributed by atoms with Crippen LogP contribution in [0.5, 0.6) is 10.9 Å². The van der Waals surface area contributed by atoms with Crippen LogP contribution in [0.2, 0.25) is 0 Å². The number of nitrogens with zero attached hydrogens (tertiary/aromatic N) is 2. The Bertz CT molecular complexity index is 783. The van der Waals surface area contributed by atoms with Gasteiger partial charge in [0.1, 0.15) is 5.75 Å². The molecule has 2 heterocycles. The lowest BCUT2D eigenvalue weighted by Crippen LogP contribution is -2.31. The molecule has 0 spiro atoms. The van der Waals surface area contributed by atoms with Crippen molar-refractivity contribution in [1.82, 2.24) is 9.88 Å². The molecule has 1 aliphatic heterocycles. The Morgan fingerprint density at radius 2 is 2.00 bits per heavy atom. The fraction of sp³-hybridized carbons (Fsp3) is 0.316. The highest BCUT2D eigenvalue weighted by Crippen LogP contribution is 2.31. The summed E-state index contributed by atoms with van der Waals surface area (Å²) < 4.78 is 7.02. The number of likely N-dealkylation sites (tertiary alicyclic amines) is 1. The van der Waals surface area contributed by atoms with Gasteiger partial charge in [0.25, 0.3) is 5.19 Å². The molecule has 1 atom stereocenters. The van der Waals surface area contributed by atoms with Gasteiger partial charge in [0, 0.05) is 12.6 Å². The van der Waals surface area contributed by atoms with E-state index in [-0.39, 0.29) is 6.61 Å². The zero-order chi connectivity index (χ0) is 16.4. The molecular formula is C19H20N2O2S. The largest absolute Gasteiger partial charge is 0.431 e. The van der Waals surface area contributed by atoms with Gasteiger partial charge in [-0.25, -0.2) is 4.98 Å². The molecule has 1 saturated heterocycles. The number of aliphatic hydroxyl groups is 1. The Morgan fingerprint density at radius 1 is 1.17 bits per heavy atom. The monoisotopic (exact) mass is 340 g/mol. The molecule has 1 unspecified atom stereocenters. The van der Waals surface area contributed by atoms with Crippen molar-refractivity contribution in [2.75, 3.05) is 13.2 Å². The van der Waals surface area contributed by atoms with Crippen molar-refractivity contribution in [2.45, 2.75) is 25.4 Å². The first-order chi connectivity index (χ1) is 11.8. The maximum Gasteiger partial charge on any atom is 0.279 e. The van der Waals surface area contributed by atoms with Gasteiger partial charge in [0.15, 0.2) is 0 Å². The van der Waals surface area contributed by atoms with Crippen molar-refractivity contribution in [1.29, 1.82) is 0 Å². The Hall–Kier alpha value is -1.95. The second-order valence-corrected chi connectivity index (χ2v) is 7.14. The molecule has 3 aromatic rings. The molecule has 0 amide bonds. The Morgan fingerprint density at radius 3 is 2.79 bits per heavy atom. The summed E-state index contributed by atoms with van der Waals surface area (Å²) in [5.41, 5.74) is 2.21. The minimum atomic E-state index is 0.249. The van der Waals surface area contributed by atoms with Gasteiger partial charge in [-0.2, -0.15) is 0 Å². The minimum absolute atomic E-state index is 0.249. The van der Waals surface area contributed by atoms with Gasteiger partial charge in [-0.15, -0.1) is 0 Å². The summed E-state index contributed by atoms with van der Waals surface area (Å²) in [6.07, 6.45) is 2.26. The smallest absolute Gasteiger partial charge is 0.279 e. The zero-order valence-electron chi connectivity index (χ0n) is 13.4. The van der Waals surface area contributed by atoms with Gasteiger partial charge < -0.3 is 9.84 Å². The fourth-order valence-electron chi connectivity index (χ4n) is 3.20. The molecule has 1 aliphatic rings. The summed E-state index contributed by atoms with van der Waals surface area (Å²) in [4.78, 5) is 6.85. The number of benzene rings is 2. The van der Waals surface area contributed by atoms with Crippen LogP contribution in [0.1, 0.15) is 18.4 Å². The summed E-state index contributed by atoms with van der Waals surface area (Å²) in [5, 5.41) is 10.1. The molecule has 0 aliphatic carbocycles. The summed E-state index contributed by atoms with van der Waals surface area (Å²) in [6, 6.07) is 16.5. The second-order valence-electron chi connectivity index (χ2n) is 6.14. The van der Waals surface area contributed by atoms with E-state index >= 15 is 0 Å². The van der Waals surface area contributed by atoms with Gasteiger partial charge in [0.05, 0.1) is 16.8 Å². The third kappa shape index (κ3) is 3.29. The molecule has 124 valence electrons. The van der Waals surface area contributed by atoms with E-state index in [1.165, 1.54) is 12.0 Å². The van der Waals surface area contributed by atoms with Gasteiger partial charge in [-0.05, 0) is 49.2 Å². The van der Waals surface area contributed by atoms with Crippen LogP contribution in [0.25, 0.3) is 10.2 Å². The van der Waals surface area contributed by atoms with E-state index < -0.39 is 0 Å².